The molecular weight excluding hydrogens is 250 g/mol. The Labute approximate surface area is 92.7 Å². The van der Waals surface area contributed by atoms with E-state index in [-0.39, 0.29) is 23.7 Å². The Morgan fingerprint density at radius 1 is 1.43 bits per heavy atom. The maximum atomic E-state index is 11.4. The molecule has 0 aromatic carbocycles. The van der Waals surface area contributed by atoms with E-state index in [2.05, 4.69) is 15.9 Å². The summed E-state index contributed by atoms with van der Waals surface area (Å²) in [7, 11) is 0. The molecule has 0 aliphatic carbocycles. The van der Waals surface area contributed by atoms with Gasteiger partial charge in [-0.2, -0.15) is 0 Å². The Bertz CT molecular complexity index is 206. The quantitative estimate of drug-likeness (QED) is 0.713. The van der Waals surface area contributed by atoms with Crippen molar-refractivity contribution in [2.24, 2.45) is 0 Å². The lowest BCUT2D eigenvalue weighted by Crippen LogP contribution is -2.41. The number of amides is 1. The second kappa shape index (κ2) is 6.81. The van der Waals surface area contributed by atoms with Gasteiger partial charge >= 0.3 is 6.09 Å². The number of hydrogen-bond acceptors (Lipinski definition) is 3. The SMILES string of the molecule is CCOC(=O)N(CC(=O)CBr)C(C)C. The second-order valence-electron chi connectivity index (χ2n) is 3.09. The van der Waals surface area contributed by atoms with Crippen LogP contribution in [0.25, 0.3) is 0 Å². The van der Waals surface area contributed by atoms with E-state index < -0.39 is 6.09 Å². The normalized spacial score (nSPS) is 10.1. The molecule has 0 spiro atoms. The summed E-state index contributed by atoms with van der Waals surface area (Å²) in [5, 5.41) is 0.260. The van der Waals surface area contributed by atoms with Crippen molar-refractivity contribution in [3.8, 4) is 0 Å². The van der Waals surface area contributed by atoms with Gasteiger partial charge in [0.2, 0.25) is 0 Å². The molecule has 0 radical (unpaired) electrons. The Morgan fingerprint density at radius 3 is 2.36 bits per heavy atom. The molecule has 1 amide bonds. The summed E-state index contributed by atoms with van der Waals surface area (Å²) in [6, 6.07) is -0.0305. The van der Waals surface area contributed by atoms with Gasteiger partial charge in [-0.05, 0) is 20.8 Å². The number of ketones is 1. The van der Waals surface area contributed by atoms with Crippen LogP contribution in [0.3, 0.4) is 0 Å². The lowest BCUT2D eigenvalue weighted by atomic mass is 10.3. The monoisotopic (exact) mass is 265 g/mol. The molecule has 0 rings (SSSR count). The number of ether oxygens (including phenoxy) is 1. The van der Waals surface area contributed by atoms with E-state index in [0.29, 0.717) is 6.61 Å². The molecule has 0 fully saturated rings. The molecule has 4 nitrogen and oxygen atoms in total. The molecule has 0 aromatic heterocycles. The second-order valence-corrected chi connectivity index (χ2v) is 3.65. The lowest BCUT2D eigenvalue weighted by Gasteiger charge is -2.24. The van der Waals surface area contributed by atoms with Gasteiger partial charge in [0.25, 0.3) is 0 Å². The summed E-state index contributed by atoms with van der Waals surface area (Å²) >= 11 is 3.05. The molecule has 0 aliphatic rings. The van der Waals surface area contributed by atoms with Gasteiger partial charge in [0.1, 0.15) is 0 Å². The van der Waals surface area contributed by atoms with Crippen molar-refractivity contribution in [2.45, 2.75) is 26.8 Å². The molecule has 0 saturated heterocycles. The van der Waals surface area contributed by atoms with Crippen LogP contribution >= 0.6 is 15.9 Å². The Balaban J connectivity index is 4.29. The van der Waals surface area contributed by atoms with Crippen molar-refractivity contribution < 1.29 is 14.3 Å². The molecule has 14 heavy (non-hydrogen) atoms. The van der Waals surface area contributed by atoms with Gasteiger partial charge in [-0.25, -0.2) is 4.79 Å². The van der Waals surface area contributed by atoms with E-state index in [1.165, 1.54) is 4.90 Å². The van der Waals surface area contributed by atoms with Gasteiger partial charge in [-0.3, -0.25) is 9.69 Å². The fraction of sp³-hybridized carbons (Fsp3) is 0.778. The third-order valence-electron chi connectivity index (χ3n) is 1.62. The number of halogens is 1. The molecule has 0 bridgehead atoms. The summed E-state index contributed by atoms with van der Waals surface area (Å²) in [6.45, 7) is 5.85. The Kier molecular flexibility index (Phi) is 6.53. The van der Waals surface area contributed by atoms with E-state index >= 15 is 0 Å². The minimum atomic E-state index is -0.434. The Hall–Kier alpha value is -0.580. The summed E-state index contributed by atoms with van der Waals surface area (Å²) < 4.78 is 4.83. The maximum Gasteiger partial charge on any atom is 0.410 e. The average molecular weight is 266 g/mol. The van der Waals surface area contributed by atoms with Crippen LogP contribution in [0.4, 0.5) is 4.79 Å². The molecule has 0 N–H and O–H groups in total. The standard InChI is InChI=1S/C9H16BrNO3/c1-4-14-9(13)11(7(2)3)6-8(12)5-10/h7H,4-6H2,1-3H3. The highest BCUT2D eigenvalue weighted by Gasteiger charge is 2.20. The summed E-state index contributed by atoms with van der Waals surface area (Å²) in [5.41, 5.74) is 0. The van der Waals surface area contributed by atoms with E-state index in [4.69, 9.17) is 4.74 Å². The topological polar surface area (TPSA) is 46.6 Å². The van der Waals surface area contributed by atoms with E-state index in [1.54, 1.807) is 6.92 Å². The molecule has 0 saturated carbocycles. The predicted octanol–water partition coefficient (Wildman–Crippen LogP) is 1.82. The van der Waals surface area contributed by atoms with Crippen molar-refractivity contribution in [2.75, 3.05) is 18.5 Å². The number of rotatable bonds is 5. The van der Waals surface area contributed by atoms with Crippen LogP contribution in [-0.2, 0) is 9.53 Å². The zero-order chi connectivity index (χ0) is 11.1. The highest BCUT2D eigenvalue weighted by molar-refractivity contribution is 9.09. The molecule has 82 valence electrons. The minimum absolute atomic E-state index is 0.0305. The predicted molar refractivity (Wildman–Crippen MR) is 57.7 cm³/mol. The van der Waals surface area contributed by atoms with Gasteiger partial charge in [0.05, 0.1) is 18.5 Å². The van der Waals surface area contributed by atoms with E-state index in [1.807, 2.05) is 13.8 Å². The van der Waals surface area contributed by atoms with Crippen LogP contribution in [0.5, 0.6) is 0 Å². The minimum Gasteiger partial charge on any atom is -0.450 e. The fourth-order valence-corrected chi connectivity index (χ4v) is 1.07. The van der Waals surface area contributed by atoms with Crippen LogP contribution in [0.15, 0.2) is 0 Å². The summed E-state index contributed by atoms with van der Waals surface area (Å²) in [4.78, 5) is 23.9. The molecule has 0 aliphatic heterocycles. The van der Waals surface area contributed by atoms with Crippen LogP contribution in [-0.4, -0.2) is 41.3 Å². The largest absolute Gasteiger partial charge is 0.450 e. The summed E-state index contributed by atoms with van der Waals surface area (Å²) in [6.07, 6.45) is -0.434. The van der Waals surface area contributed by atoms with Crippen LogP contribution < -0.4 is 0 Å². The van der Waals surface area contributed by atoms with Crippen LogP contribution in [0.2, 0.25) is 0 Å². The third-order valence-corrected chi connectivity index (χ3v) is 2.25. The van der Waals surface area contributed by atoms with Crippen molar-refractivity contribution in [1.29, 1.82) is 0 Å². The number of carbonyl (C=O) groups excluding carboxylic acids is 2. The van der Waals surface area contributed by atoms with Gasteiger partial charge < -0.3 is 4.74 Å². The fourth-order valence-electron chi connectivity index (χ4n) is 0.897. The number of alkyl halides is 1. The molecule has 0 atom stereocenters. The number of nitrogens with zero attached hydrogens (tertiary/aromatic N) is 1. The first-order valence-corrected chi connectivity index (χ1v) is 5.66. The highest BCUT2D eigenvalue weighted by atomic mass is 79.9. The third kappa shape index (κ3) is 4.60. The lowest BCUT2D eigenvalue weighted by molar-refractivity contribution is -0.117. The van der Waals surface area contributed by atoms with Gasteiger partial charge in [-0.15, -0.1) is 0 Å². The van der Waals surface area contributed by atoms with Crippen molar-refractivity contribution >= 4 is 27.8 Å². The summed E-state index contributed by atoms with van der Waals surface area (Å²) in [5.74, 6) is -0.0354. The van der Waals surface area contributed by atoms with Gasteiger partial charge in [0, 0.05) is 6.04 Å². The van der Waals surface area contributed by atoms with Crippen LogP contribution in [0, 0.1) is 0 Å². The number of Topliss-reactive ketones (excluding diaryl/α,β-unsaturated/α-hetero) is 1. The molecule has 0 heterocycles. The first-order valence-electron chi connectivity index (χ1n) is 4.54. The average Bonchev–Trinajstić information content (AvgIpc) is 2.13. The van der Waals surface area contributed by atoms with Gasteiger partial charge in [0.15, 0.2) is 5.78 Å². The number of carbonyl (C=O) groups is 2. The van der Waals surface area contributed by atoms with E-state index in [0.717, 1.165) is 0 Å². The molecule has 0 unspecified atom stereocenters. The van der Waals surface area contributed by atoms with Crippen molar-refractivity contribution in [3.05, 3.63) is 0 Å². The van der Waals surface area contributed by atoms with Crippen molar-refractivity contribution in [1.82, 2.24) is 4.90 Å². The Morgan fingerprint density at radius 2 is 2.00 bits per heavy atom. The molecule has 0 aromatic rings. The zero-order valence-corrected chi connectivity index (χ0v) is 10.3. The molecular formula is C9H16BrNO3. The first kappa shape index (κ1) is 13.4. The first-order chi connectivity index (χ1) is 6.52. The van der Waals surface area contributed by atoms with Crippen LogP contribution in [0.1, 0.15) is 20.8 Å². The smallest absolute Gasteiger partial charge is 0.410 e. The maximum absolute atomic E-state index is 11.4. The number of hydrogen-bond donors (Lipinski definition) is 0. The van der Waals surface area contributed by atoms with E-state index in [9.17, 15) is 9.59 Å². The zero-order valence-electron chi connectivity index (χ0n) is 8.75. The highest BCUT2D eigenvalue weighted by Crippen LogP contribution is 2.02. The van der Waals surface area contributed by atoms with Gasteiger partial charge in [-0.1, -0.05) is 15.9 Å². The van der Waals surface area contributed by atoms with Crippen molar-refractivity contribution in [3.63, 3.8) is 0 Å². The molecule has 5 heteroatoms.